The van der Waals surface area contributed by atoms with E-state index >= 15 is 0 Å². The van der Waals surface area contributed by atoms with Gasteiger partial charge in [-0.05, 0) is 0 Å². The molecule has 2 heterocycles. The minimum atomic E-state index is -0.204. The van der Waals surface area contributed by atoms with E-state index in [1.54, 1.807) is 18.0 Å². The fourth-order valence-electron chi connectivity index (χ4n) is 1.82. The standard InChI is InChI=1S/C12H17ClN6O2/c1-21-5-3-15-11-9-7-18-19(12(9)17-8-16-11)4-2-14-10(20)6-13/h7-8H,2-6H2,1H3,(H,14,20)(H,15,16,17). The fraction of sp³-hybridized carbons (Fsp3) is 0.500. The summed E-state index contributed by atoms with van der Waals surface area (Å²) in [6.07, 6.45) is 3.18. The summed E-state index contributed by atoms with van der Waals surface area (Å²) in [4.78, 5) is 19.5. The van der Waals surface area contributed by atoms with Gasteiger partial charge in [0.1, 0.15) is 18.0 Å². The second kappa shape index (κ2) is 7.75. The molecule has 1 amide bonds. The van der Waals surface area contributed by atoms with Crippen molar-refractivity contribution in [2.75, 3.05) is 38.0 Å². The molecule has 0 fully saturated rings. The third-order valence-corrected chi connectivity index (χ3v) is 3.04. The number of rotatable bonds is 8. The third-order valence-electron chi connectivity index (χ3n) is 2.80. The van der Waals surface area contributed by atoms with Crippen LogP contribution in [0, 0.1) is 0 Å². The maximum absolute atomic E-state index is 11.1. The van der Waals surface area contributed by atoms with Crippen LogP contribution in [-0.2, 0) is 16.1 Å². The number of amides is 1. The number of nitrogens with one attached hydrogen (secondary N) is 2. The molecular weight excluding hydrogens is 296 g/mol. The molecular formula is C12H17ClN6O2. The molecule has 0 atom stereocenters. The zero-order chi connectivity index (χ0) is 15.1. The van der Waals surface area contributed by atoms with Gasteiger partial charge in [0.05, 0.1) is 24.7 Å². The summed E-state index contributed by atoms with van der Waals surface area (Å²) in [7, 11) is 1.64. The maximum atomic E-state index is 11.1. The Morgan fingerprint density at radius 1 is 1.43 bits per heavy atom. The average Bonchev–Trinajstić information content (AvgIpc) is 2.91. The maximum Gasteiger partial charge on any atom is 0.234 e. The number of nitrogens with zero attached hydrogens (tertiary/aromatic N) is 4. The van der Waals surface area contributed by atoms with Gasteiger partial charge < -0.3 is 15.4 Å². The normalized spacial score (nSPS) is 10.8. The van der Waals surface area contributed by atoms with Gasteiger partial charge in [-0.25, -0.2) is 14.6 Å². The van der Waals surface area contributed by atoms with Gasteiger partial charge in [-0.2, -0.15) is 5.10 Å². The molecule has 0 spiro atoms. The molecule has 0 aliphatic rings. The molecule has 9 heteroatoms. The van der Waals surface area contributed by atoms with Crippen LogP contribution in [0.4, 0.5) is 5.82 Å². The molecule has 0 aromatic carbocycles. The Labute approximate surface area is 126 Å². The number of hydrogen-bond donors (Lipinski definition) is 2. The van der Waals surface area contributed by atoms with Crippen molar-refractivity contribution in [2.24, 2.45) is 0 Å². The molecule has 2 aromatic rings. The molecule has 0 aliphatic heterocycles. The van der Waals surface area contributed by atoms with E-state index in [0.29, 0.717) is 37.7 Å². The lowest BCUT2D eigenvalue weighted by Crippen LogP contribution is -2.28. The summed E-state index contributed by atoms with van der Waals surface area (Å²) >= 11 is 5.42. The first-order valence-corrected chi connectivity index (χ1v) is 7.01. The Morgan fingerprint density at radius 3 is 3.05 bits per heavy atom. The number of methoxy groups -OCH3 is 1. The van der Waals surface area contributed by atoms with Crippen LogP contribution in [0.25, 0.3) is 11.0 Å². The molecule has 2 aromatic heterocycles. The van der Waals surface area contributed by atoms with Crippen LogP contribution in [0.3, 0.4) is 0 Å². The second-order valence-corrected chi connectivity index (χ2v) is 4.50. The number of carbonyl (C=O) groups is 1. The average molecular weight is 313 g/mol. The van der Waals surface area contributed by atoms with Crippen molar-refractivity contribution in [3.63, 3.8) is 0 Å². The lowest BCUT2D eigenvalue weighted by Gasteiger charge is -2.06. The van der Waals surface area contributed by atoms with Crippen LogP contribution in [0.5, 0.6) is 0 Å². The highest BCUT2D eigenvalue weighted by Gasteiger charge is 2.09. The van der Waals surface area contributed by atoms with Crippen LogP contribution in [0.2, 0.25) is 0 Å². The quantitative estimate of drug-likeness (QED) is 0.536. The van der Waals surface area contributed by atoms with Gasteiger partial charge in [0, 0.05) is 20.2 Å². The van der Waals surface area contributed by atoms with Crippen molar-refractivity contribution in [1.29, 1.82) is 0 Å². The van der Waals surface area contributed by atoms with Crippen molar-refractivity contribution in [1.82, 2.24) is 25.1 Å². The van der Waals surface area contributed by atoms with E-state index in [-0.39, 0.29) is 11.8 Å². The minimum absolute atomic E-state index is 0.0460. The number of ether oxygens (including phenoxy) is 1. The van der Waals surface area contributed by atoms with Crippen LogP contribution in [-0.4, -0.2) is 58.3 Å². The molecule has 0 saturated carbocycles. The molecule has 114 valence electrons. The zero-order valence-corrected chi connectivity index (χ0v) is 12.4. The number of fused-ring (bicyclic) bond motifs is 1. The molecule has 2 rings (SSSR count). The molecule has 21 heavy (non-hydrogen) atoms. The molecule has 8 nitrogen and oxygen atoms in total. The third kappa shape index (κ3) is 4.02. The van der Waals surface area contributed by atoms with Gasteiger partial charge in [0.25, 0.3) is 0 Å². The lowest BCUT2D eigenvalue weighted by atomic mass is 10.4. The molecule has 0 bridgehead atoms. The Bertz CT molecular complexity index is 602. The summed E-state index contributed by atoms with van der Waals surface area (Å²) < 4.78 is 6.70. The van der Waals surface area contributed by atoms with Gasteiger partial charge in [0.2, 0.25) is 5.91 Å². The summed E-state index contributed by atoms with van der Waals surface area (Å²) in [5.74, 6) is 0.466. The number of hydrogen-bond acceptors (Lipinski definition) is 6. The van der Waals surface area contributed by atoms with Crippen LogP contribution < -0.4 is 10.6 Å². The molecule has 0 aliphatic carbocycles. The second-order valence-electron chi connectivity index (χ2n) is 4.23. The van der Waals surface area contributed by atoms with Gasteiger partial charge in [0.15, 0.2) is 5.65 Å². The molecule has 0 radical (unpaired) electrons. The smallest absolute Gasteiger partial charge is 0.234 e. The highest BCUT2D eigenvalue weighted by Crippen LogP contribution is 2.17. The van der Waals surface area contributed by atoms with E-state index in [4.69, 9.17) is 16.3 Å². The number of anilines is 1. The van der Waals surface area contributed by atoms with E-state index in [1.807, 2.05) is 0 Å². The Hall–Kier alpha value is -1.93. The number of aromatic nitrogens is 4. The van der Waals surface area contributed by atoms with Crippen molar-refractivity contribution in [2.45, 2.75) is 6.54 Å². The number of carbonyl (C=O) groups excluding carboxylic acids is 1. The predicted octanol–water partition coefficient (Wildman–Crippen LogP) is 0.240. The Balaban J connectivity index is 2.05. The summed E-state index contributed by atoms with van der Waals surface area (Å²) in [5, 5.41) is 10.9. The molecule has 0 saturated heterocycles. The largest absolute Gasteiger partial charge is 0.383 e. The highest BCUT2D eigenvalue weighted by atomic mass is 35.5. The first-order valence-electron chi connectivity index (χ1n) is 6.48. The Kier molecular flexibility index (Phi) is 5.70. The van der Waals surface area contributed by atoms with E-state index in [9.17, 15) is 4.79 Å². The molecule has 2 N–H and O–H groups in total. The van der Waals surface area contributed by atoms with E-state index in [2.05, 4.69) is 25.7 Å². The SMILES string of the molecule is COCCNc1ncnc2c1cnn2CCNC(=O)CCl. The van der Waals surface area contributed by atoms with Gasteiger partial charge >= 0.3 is 0 Å². The van der Waals surface area contributed by atoms with E-state index in [1.165, 1.54) is 6.33 Å². The fourth-order valence-corrected chi connectivity index (χ4v) is 1.91. The minimum Gasteiger partial charge on any atom is -0.383 e. The zero-order valence-electron chi connectivity index (χ0n) is 11.7. The first-order chi connectivity index (χ1) is 10.3. The van der Waals surface area contributed by atoms with Gasteiger partial charge in [-0.1, -0.05) is 0 Å². The van der Waals surface area contributed by atoms with Gasteiger partial charge in [-0.15, -0.1) is 11.6 Å². The van der Waals surface area contributed by atoms with Crippen LogP contribution in [0.15, 0.2) is 12.5 Å². The van der Waals surface area contributed by atoms with Crippen LogP contribution in [0.1, 0.15) is 0 Å². The topological polar surface area (TPSA) is 94.0 Å². The first kappa shape index (κ1) is 15.5. The monoisotopic (exact) mass is 312 g/mol. The van der Waals surface area contributed by atoms with Crippen molar-refractivity contribution < 1.29 is 9.53 Å². The number of halogens is 1. The lowest BCUT2D eigenvalue weighted by molar-refractivity contribution is -0.118. The summed E-state index contributed by atoms with van der Waals surface area (Å²) in [6.45, 7) is 2.20. The Morgan fingerprint density at radius 2 is 2.29 bits per heavy atom. The van der Waals surface area contributed by atoms with Crippen molar-refractivity contribution >= 4 is 34.4 Å². The van der Waals surface area contributed by atoms with E-state index in [0.717, 1.165) is 5.39 Å². The summed E-state index contributed by atoms with van der Waals surface area (Å²) in [6, 6.07) is 0. The molecule has 0 unspecified atom stereocenters. The van der Waals surface area contributed by atoms with Crippen molar-refractivity contribution in [3.8, 4) is 0 Å². The van der Waals surface area contributed by atoms with E-state index < -0.39 is 0 Å². The van der Waals surface area contributed by atoms with Crippen LogP contribution >= 0.6 is 11.6 Å². The van der Waals surface area contributed by atoms with Crippen molar-refractivity contribution in [3.05, 3.63) is 12.5 Å². The summed E-state index contributed by atoms with van der Waals surface area (Å²) in [5.41, 5.74) is 0.713. The number of alkyl halides is 1. The predicted molar refractivity (Wildman–Crippen MR) is 79.4 cm³/mol. The highest BCUT2D eigenvalue weighted by molar-refractivity contribution is 6.27. The van der Waals surface area contributed by atoms with Gasteiger partial charge in [-0.3, -0.25) is 4.79 Å².